The molecule has 0 spiro atoms. The Labute approximate surface area is 115 Å². The molecule has 0 aliphatic carbocycles. The average molecular weight is 267 g/mol. The molecule has 5 nitrogen and oxygen atoms in total. The summed E-state index contributed by atoms with van der Waals surface area (Å²) in [5.74, 6) is 0.0604. The van der Waals surface area contributed by atoms with Crippen molar-refractivity contribution in [1.82, 2.24) is 15.1 Å². The minimum absolute atomic E-state index is 0.0250. The Morgan fingerprint density at radius 1 is 1.32 bits per heavy atom. The lowest BCUT2D eigenvalue weighted by Crippen LogP contribution is -2.60. The summed E-state index contributed by atoms with van der Waals surface area (Å²) in [5, 5.41) is 2.76. The number of carbonyl (C=O) groups excluding carboxylic acids is 2. The van der Waals surface area contributed by atoms with Crippen molar-refractivity contribution >= 4 is 11.8 Å². The zero-order valence-corrected chi connectivity index (χ0v) is 12.2. The first kappa shape index (κ1) is 14.3. The molecule has 0 saturated carbocycles. The molecule has 0 aromatic heterocycles. The number of piperazine rings is 1. The molecule has 1 atom stereocenters. The van der Waals surface area contributed by atoms with E-state index in [-0.39, 0.29) is 29.8 Å². The van der Waals surface area contributed by atoms with Crippen LogP contribution in [0.3, 0.4) is 0 Å². The van der Waals surface area contributed by atoms with E-state index in [1.807, 2.05) is 6.92 Å². The number of hydrogen-bond acceptors (Lipinski definition) is 3. The second kappa shape index (κ2) is 5.49. The van der Waals surface area contributed by atoms with Crippen LogP contribution in [0.1, 0.15) is 33.1 Å². The topological polar surface area (TPSA) is 52.7 Å². The number of rotatable bonds is 3. The monoisotopic (exact) mass is 267 g/mol. The van der Waals surface area contributed by atoms with Gasteiger partial charge in [0.25, 0.3) is 0 Å². The molecular weight excluding hydrogens is 242 g/mol. The quantitative estimate of drug-likeness (QED) is 0.808. The van der Waals surface area contributed by atoms with E-state index in [2.05, 4.69) is 24.2 Å². The van der Waals surface area contributed by atoms with E-state index in [4.69, 9.17) is 0 Å². The van der Waals surface area contributed by atoms with E-state index >= 15 is 0 Å². The van der Waals surface area contributed by atoms with Crippen molar-refractivity contribution in [3.8, 4) is 0 Å². The highest BCUT2D eigenvalue weighted by Crippen LogP contribution is 2.31. The van der Waals surface area contributed by atoms with Gasteiger partial charge in [-0.05, 0) is 44.8 Å². The number of carbonyl (C=O) groups is 2. The molecule has 108 valence electrons. The van der Waals surface area contributed by atoms with Gasteiger partial charge in [0.1, 0.15) is 6.04 Å². The highest BCUT2D eigenvalue weighted by Gasteiger charge is 2.37. The van der Waals surface area contributed by atoms with Crippen LogP contribution in [0, 0.1) is 5.41 Å². The first-order valence-electron chi connectivity index (χ1n) is 7.20. The maximum absolute atomic E-state index is 12.3. The fraction of sp³-hybridized carbons (Fsp3) is 0.857. The molecule has 2 rings (SSSR count). The molecule has 1 unspecified atom stereocenters. The zero-order chi connectivity index (χ0) is 14.0. The highest BCUT2D eigenvalue weighted by atomic mass is 16.2. The van der Waals surface area contributed by atoms with E-state index in [0.717, 1.165) is 25.9 Å². The zero-order valence-electron chi connectivity index (χ0n) is 12.2. The molecule has 2 saturated heterocycles. The van der Waals surface area contributed by atoms with Crippen molar-refractivity contribution < 1.29 is 9.59 Å². The van der Waals surface area contributed by atoms with Crippen molar-refractivity contribution in [3.63, 3.8) is 0 Å². The predicted octanol–water partition coefficient (Wildman–Crippen LogP) is 0.455. The predicted molar refractivity (Wildman–Crippen MR) is 73.6 cm³/mol. The fourth-order valence-electron chi connectivity index (χ4n) is 2.96. The second-order valence-electron chi connectivity index (χ2n) is 6.34. The first-order chi connectivity index (χ1) is 8.93. The molecule has 0 radical (unpaired) electrons. The summed E-state index contributed by atoms with van der Waals surface area (Å²) in [6, 6.07) is -0.323. The summed E-state index contributed by atoms with van der Waals surface area (Å²) in [7, 11) is 2.13. The third-order valence-electron chi connectivity index (χ3n) is 4.45. The van der Waals surface area contributed by atoms with E-state index < -0.39 is 0 Å². The van der Waals surface area contributed by atoms with Crippen LogP contribution in [0.15, 0.2) is 0 Å². The number of nitrogens with one attached hydrogen (secondary N) is 1. The molecule has 0 aromatic rings. The minimum Gasteiger partial charge on any atom is -0.343 e. The maximum Gasteiger partial charge on any atom is 0.245 e. The van der Waals surface area contributed by atoms with Crippen LogP contribution in [0.4, 0.5) is 0 Å². The smallest absolute Gasteiger partial charge is 0.245 e. The summed E-state index contributed by atoms with van der Waals surface area (Å²) in [5.41, 5.74) is 0.151. The van der Waals surface area contributed by atoms with Crippen LogP contribution in [0.5, 0.6) is 0 Å². The van der Waals surface area contributed by atoms with Crippen LogP contribution >= 0.6 is 0 Å². The normalized spacial score (nSPS) is 28.4. The summed E-state index contributed by atoms with van der Waals surface area (Å²) in [6.45, 7) is 7.25. The van der Waals surface area contributed by atoms with Gasteiger partial charge < -0.3 is 15.1 Å². The molecule has 2 aliphatic heterocycles. The summed E-state index contributed by atoms with van der Waals surface area (Å²) >= 11 is 0. The van der Waals surface area contributed by atoms with Gasteiger partial charge in [-0.2, -0.15) is 0 Å². The Bertz CT molecular complexity index is 362. The van der Waals surface area contributed by atoms with E-state index in [9.17, 15) is 9.59 Å². The molecule has 5 heteroatoms. The Morgan fingerprint density at radius 2 is 1.95 bits per heavy atom. The number of amides is 2. The van der Waals surface area contributed by atoms with Gasteiger partial charge in [-0.3, -0.25) is 9.59 Å². The third kappa shape index (κ3) is 3.26. The van der Waals surface area contributed by atoms with E-state index in [1.165, 1.54) is 0 Å². The number of piperidine rings is 1. The van der Waals surface area contributed by atoms with Crippen LogP contribution in [-0.4, -0.2) is 60.9 Å². The van der Waals surface area contributed by atoms with Crippen LogP contribution in [0.2, 0.25) is 0 Å². The van der Waals surface area contributed by atoms with Crippen molar-refractivity contribution in [2.24, 2.45) is 5.41 Å². The van der Waals surface area contributed by atoms with Gasteiger partial charge in [0.2, 0.25) is 11.8 Å². The van der Waals surface area contributed by atoms with E-state index in [1.54, 1.807) is 4.90 Å². The lowest BCUT2D eigenvalue weighted by molar-refractivity contribution is -0.146. The van der Waals surface area contributed by atoms with Gasteiger partial charge in [0, 0.05) is 6.54 Å². The van der Waals surface area contributed by atoms with Crippen LogP contribution in [0.25, 0.3) is 0 Å². The molecule has 2 amide bonds. The Balaban J connectivity index is 2.00. The Kier molecular flexibility index (Phi) is 4.13. The summed E-state index contributed by atoms with van der Waals surface area (Å²) in [6.07, 6.45) is 2.85. The van der Waals surface area contributed by atoms with Crippen LogP contribution in [-0.2, 0) is 9.59 Å². The minimum atomic E-state index is -0.323. The van der Waals surface area contributed by atoms with Gasteiger partial charge in [-0.15, -0.1) is 0 Å². The standard InChI is InChI=1S/C14H25N3O2/c1-4-11-13(19)17(9-12(18)15-11)10-14(2)5-7-16(3)8-6-14/h11H,4-10H2,1-3H3,(H,15,18). The molecule has 0 bridgehead atoms. The average Bonchev–Trinajstić information content (AvgIpc) is 2.37. The van der Waals surface area contributed by atoms with Gasteiger partial charge in [0.15, 0.2) is 0 Å². The lowest BCUT2D eigenvalue weighted by atomic mass is 9.79. The molecule has 2 heterocycles. The third-order valence-corrected chi connectivity index (χ3v) is 4.45. The van der Waals surface area contributed by atoms with Crippen molar-refractivity contribution in [1.29, 1.82) is 0 Å². The largest absolute Gasteiger partial charge is 0.343 e. The van der Waals surface area contributed by atoms with Gasteiger partial charge in [-0.25, -0.2) is 0 Å². The second-order valence-corrected chi connectivity index (χ2v) is 6.34. The Morgan fingerprint density at radius 3 is 2.53 bits per heavy atom. The highest BCUT2D eigenvalue weighted by molar-refractivity contribution is 5.94. The molecule has 1 N–H and O–H groups in total. The number of nitrogens with zero attached hydrogens (tertiary/aromatic N) is 2. The van der Waals surface area contributed by atoms with Crippen molar-refractivity contribution in [2.75, 3.05) is 33.2 Å². The van der Waals surface area contributed by atoms with Crippen molar-refractivity contribution in [2.45, 2.75) is 39.2 Å². The maximum atomic E-state index is 12.3. The van der Waals surface area contributed by atoms with Gasteiger partial charge in [-0.1, -0.05) is 13.8 Å². The van der Waals surface area contributed by atoms with Crippen LogP contribution < -0.4 is 5.32 Å². The summed E-state index contributed by atoms with van der Waals surface area (Å²) < 4.78 is 0. The number of likely N-dealkylation sites (tertiary alicyclic amines) is 1. The number of hydrogen-bond donors (Lipinski definition) is 1. The SMILES string of the molecule is CCC1NC(=O)CN(CC2(C)CCN(C)CC2)C1=O. The van der Waals surface area contributed by atoms with Crippen molar-refractivity contribution in [3.05, 3.63) is 0 Å². The lowest BCUT2D eigenvalue weighted by Gasteiger charge is -2.43. The van der Waals surface area contributed by atoms with Gasteiger partial charge >= 0.3 is 0 Å². The molecule has 2 aliphatic rings. The van der Waals surface area contributed by atoms with Gasteiger partial charge in [0.05, 0.1) is 6.54 Å². The molecule has 0 aromatic carbocycles. The Hall–Kier alpha value is -1.10. The molecule has 2 fully saturated rings. The fourth-order valence-corrected chi connectivity index (χ4v) is 2.96. The first-order valence-corrected chi connectivity index (χ1v) is 7.20. The molecular formula is C14H25N3O2. The molecule has 19 heavy (non-hydrogen) atoms. The summed E-state index contributed by atoms with van der Waals surface area (Å²) in [4.78, 5) is 28.0. The van der Waals surface area contributed by atoms with E-state index in [0.29, 0.717) is 13.0 Å².